The van der Waals surface area contributed by atoms with Crippen LogP contribution in [0.3, 0.4) is 0 Å². The van der Waals surface area contributed by atoms with E-state index in [1.165, 1.54) is 6.42 Å². The summed E-state index contributed by atoms with van der Waals surface area (Å²) in [6.45, 7) is 5.26. The Morgan fingerprint density at radius 3 is 2.53 bits per heavy atom. The molecule has 0 saturated carbocycles. The van der Waals surface area contributed by atoms with E-state index in [2.05, 4.69) is 29.8 Å². The van der Waals surface area contributed by atoms with Gasteiger partial charge in [0.25, 0.3) is 0 Å². The topological polar surface area (TPSA) is 9.23 Å². The second-order valence-electron chi connectivity index (χ2n) is 3.85. The van der Waals surface area contributed by atoms with Crippen LogP contribution in [0.25, 0.3) is 0 Å². The maximum Gasteiger partial charge on any atom is 0.119 e. The van der Waals surface area contributed by atoms with Crippen molar-refractivity contribution >= 4 is 15.9 Å². The van der Waals surface area contributed by atoms with Gasteiger partial charge in [-0.2, -0.15) is 0 Å². The third kappa shape index (κ3) is 4.70. The van der Waals surface area contributed by atoms with Gasteiger partial charge in [0, 0.05) is 4.83 Å². The summed E-state index contributed by atoms with van der Waals surface area (Å²) in [4.78, 5) is 0.608. The summed E-state index contributed by atoms with van der Waals surface area (Å²) in [6.07, 6.45) is 2.27. The Morgan fingerprint density at radius 1 is 1.27 bits per heavy atom. The highest BCUT2D eigenvalue weighted by Gasteiger charge is 2.11. The Hall–Kier alpha value is -0.500. The normalized spacial score (nSPS) is 14.6. The van der Waals surface area contributed by atoms with Crippen LogP contribution in [-0.4, -0.2) is 11.4 Å². The van der Waals surface area contributed by atoms with Crippen LogP contribution in [0.1, 0.15) is 26.7 Å². The number of para-hydroxylation sites is 1. The Morgan fingerprint density at radius 2 is 1.93 bits per heavy atom. The lowest BCUT2D eigenvalue weighted by atomic mass is 10.0. The minimum Gasteiger partial charge on any atom is -0.494 e. The van der Waals surface area contributed by atoms with Gasteiger partial charge in [-0.25, -0.2) is 0 Å². The molecule has 84 valence electrons. The third-order valence-electron chi connectivity index (χ3n) is 2.59. The van der Waals surface area contributed by atoms with Crippen molar-refractivity contribution in [2.24, 2.45) is 5.92 Å². The fraction of sp³-hybridized carbons (Fsp3) is 0.538. The van der Waals surface area contributed by atoms with Crippen molar-refractivity contribution in [3.63, 3.8) is 0 Å². The molecule has 2 atom stereocenters. The Kier molecular flexibility index (Phi) is 5.77. The predicted molar refractivity (Wildman–Crippen MR) is 68.7 cm³/mol. The molecule has 1 nitrogen and oxygen atoms in total. The van der Waals surface area contributed by atoms with Crippen LogP contribution in [0.2, 0.25) is 0 Å². The molecule has 1 rings (SSSR count). The average molecular weight is 271 g/mol. The highest BCUT2D eigenvalue weighted by molar-refractivity contribution is 9.09. The number of hydrogen-bond donors (Lipinski definition) is 0. The first-order chi connectivity index (χ1) is 7.24. The van der Waals surface area contributed by atoms with Gasteiger partial charge < -0.3 is 4.74 Å². The van der Waals surface area contributed by atoms with Crippen LogP contribution in [0.15, 0.2) is 30.3 Å². The lowest BCUT2D eigenvalue weighted by Gasteiger charge is -2.16. The molecule has 1 aromatic rings. The molecule has 0 saturated heterocycles. The molecule has 0 N–H and O–H groups in total. The molecule has 2 heteroatoms. The lowest BCUT2D eigenvalue weighted by Crippen LogP contribution is -2.13. The number of benzene rings is 1. The van der Waals surface area contributed by atoms with Crippen LogP contribution in [-0.2, 0) is 0 Å². The standard InChI is InChI=1S/C13H19BrO/c1-3-13(14)11(2)9-10-15-12-7-5-4-6-8-12/h4-8,11,13H,3,9-10H2,1-2H3. The first-order valence-corrected chi connectivity index (χ1v) is 6.47. The van der Waals surface area contributed by atoms with Gasteiger partial charge in [0.1, 0.15) is 5.75 Å². The molecule has 1 aromatic carbocycles. The van der Waals surface area contributed by atoms with Crippen LogP contribution >= 0.6 is 15.9 Å². The highest BCUT2D eigenvalue weighted by Crippen LogP contribution is 2.19. The maximum atomic E-state index is 5.65. The van der Waals surface area contributed by atoms with Crippen molar-refractivity contribution in [1.82, 2.24) is 0 Å². The number of alkyl halides is 1. The smallest absolute Gasteiger partial charge is 0.119 e. The zero-order valence-corrected chi connectivity index (χ0v) is 11.0. The molecular weight excluding hydrogens is 252 g/mol. The van der Waals surface area contributed by atoms with E-state index in [-0.39, 0.29) is 0 Å². The van der Waals surface area contributed by atoms with Crippen molar-refractivity contribution in [1.29, 1.82) is 0 Å². The Bertz CT molecular complexity index is 260. The fourth-order valence-electron chi connectivity index (χ4n) is 1.46. The van der Waals surface area contributed by atoms with Crippen LogP contribution in [0.4, 0.5) is 0 Å². The van der Waals surface area contributed by atoms with Crippen LogP contribution in [0, 0.1) is 5.92 Å². The highest BCUT2D eigenvalue weighted by atomic mass is 79.9. The van der Waals surface area contributed by atoms with Gasteiger partial charge in [0.15, 0.2) is 0 Å². The van der Waals surface area contributed by atoms with Crippen molar-refractivity contribution in [2.75, 3.05) is 6.61 Å². The first kappa shape index (κ1) is 12.6. The SMILES string of the molecule is CCC(Br)C(C)CCOc1ccccc1. The van der Waals surface area contributed by atoms with Gasteiger partial charge in [0.2, 0.25) is 0 Å². The molecule has 0 aliphatic carbocycles. The minimum atomic E-state index is 0.608. The van der Waals surface area contributed by atoms with E-state index in [1.807, 2.05) is 30.3 Å². The summed E-state index contributed by atoms with van der Waals surface area (Å²) in [5.41, 5.74) is 0. The van der Waals surface area contributed by atoms with Gasteiger partial charge in [-0.3, -0.25) is 0 Å². The number of rotatable bonds is 6. The van der Waals surface area contributed by atoms with Crippen molar-refractivity contribution in [3.8, 4) is 5.75 Å². The van der Waals surface area contributed by atoms with Gasteiger partial charge in [-0.15, -0.1) is 0 Å². The zero-order chi connectivity index (χ0) is 11.1. The zero-order valence-electron chi connectivity index (χ0n) is 9.45. The largest absolute Gasteiger partial charge is 0.494 e. The van der Waals surface area contributed by atoms with Crippen LogP contribution in [0.5, 0.6) is 5.75 Å². The molecule has 0 aliphatic heterocycles. The number of halogens is 1. The second kappa shape index (κ2) is 6.89. The van der Waals surface area contributed by atoms with E-state index in [0.29, 0.717) is 10.7 Å². The fourth-order valence-corrected chi connectivity index (χ4v) is 1.73. The molecule has 15 heavy (non-hydrogen) atoms. The first-order valence-electron chi connectivity index (χ1n) is 5.56. The van der Waals surface area contributed by atoms with E-state index in [0.717, 1.165) is 18.8 Å². The van der Waals surface area contributed by atoms with E-state index in [9.17, 15) is 0 Å². The van der Waals surface area contributed by atoms with Gasteiger partial charge >= 0.3 is 0 Å². The molecule has 2 unspecified atom stereocenters. The van der Waals surface area contributed by atoms with Crippen molar-refractivity contribution in [2.45, 2.75) is 31.5 Å². The molecule has 0 heterocycles. The summed E-state index contributed by atoms with van der Waals surface area (Å²) in [5, 5.41) is 0. The summed E-state index contributed by atoms with van der Waals surface area (Å²) >= 11 is 3.67. The molecule has 0 spiro atoms. The summed E-state index contributed by atoms with van der Waals surface area (Å²) in [6, 6.07) is 9.99. The molecular formula is C13H19BrO. The maximum absolute atomic E-state index is 5.65. The molecule has 0 radical (unpaired) electrons. The molecule has 0 fully saturated rings. The van der Waals surface area contributed by atoms with E-state index in [4.69, 9.17) is 4.74 Å². The molecule has 0 aliphatic rings. The van der Waals surface area contributed by atoms with E-state index >= 15 is 0 Å². The van der Waals surface area contributed by atoms with Crippen molar-refractivity contribution in [3.05, 3.63) is 30.3 Å². The number of ether oxygens (including phenoxy) is 1. The van der Waals surface area contributed by atoms with E-state index in [1.54, 1.807) is 0 Å². The Labute approximate surface area is 101 Å². The molecule has 0 bridgehead atoms. The summed E-state index contributed by atoms with van der Waals surface area (Å²) in [7, 11) is 0. The minimum absolute atomic E-state index is 0.608. The number of hydrogen-bond acceptors (Lipinski definition) is 1. The Balaban J connectivity index is 2.22. The second-order valence-corrected chi connectivity index (χ2v) is 5.03. The van der Waals surface area contributed by atoms with E-state index < -0.39 is 0 Å². The quantitative estimate of drug-likeness (QED) is 0.702. The van der Waals surface area contributed by atoms with Gasteiger partial charge in [-0.1, -0.05) is 48.0 Å². The molecule has 0 aromatic heterocycles. The van der Waals surface area contributed by atoms with Gasteiger partial charge in [-0.05, 0) is 30.9 Å². The van der Waals surface area contributed by atoms with Gasteiger partial charge in [0.05, 0.1) is 6.61 Å². The van der Waals surface area contributed by atoms with Crippen LogP contribution < -0.4 is 4.74 Å². The lowest BCUT2D eigenvalue weighted by molar-refractivity contribution is 0.281. The average Bonchev–Trinajstić information content (AvgIpc) is 2.29. The summed E-state index contributed by atoms with van der Waals surface area (Å²) in [5.74, 6) is 1.63. The third-order valence-corrected chi connectivity index (χ3v) is 4.14. The van der Waals surface area contributed by atoms with Crippen molar-refractivity contribution < 1.29 is 4.74 Å². The molecule has 0 amide bonds. The predicted octanol–water partition coefficient (Wildman–Crippen LogP) is 4.27. The monoisotopic (exact) mass is 270 g/mol. The summed E-state index contributed by atoms with van der Waals surface area (Å²) < 4.78 is 5.65.